The first kappa shape index (κ1) is 15.4. The van der Waals surface area contributed by atoms with Gasteiger partial charge in [-0.05, 0) is 0 Å². The molecule has 4 atom stereocenters. The molecule has 1 heterocycles. The van der Waals surface area contributed by atoms with Gasteiger partial charge in [-0.3, -0.25) is 0 Å². The molecule has 0 radical (unpaired) electrons. The van der Waals surface area contributed by atoms with E-state index < -0.39 is 0 Å². The number of likely N-dealkylation sites (tertiary alicyclic amines) is 1. The number of fused-ring (bicyclic) bond motifs is 2. The fourth-order valence-electron chi connectivity index (χ4n) is 3.66. The number of benzene rings is 2. The van der Waals surface area contributed by atoms with E-state index in [1.807, 2.05) is 18.2 Å². The third-order valence-electron chi connectivity index (χ3n) is 4.78. The van der Waals surface area contributed by atoms with Crippen LogP contribution in [0.15, 0.2) is 60.7 Å². The first-order valence-electron chi connectivity index (χ1n) is 7.94. The zero-order valence-corrected chi connectivity index (χ0v) is 15.9. The van der Waals surface area contributed by atoms with Crippen molar-refractivity contribution in [3.05, 3.63) is 66.2 Å². The van der Waals surface area contributed by atoms with Crippen LogP contribution in [0.1, 0.15) is 12.0 Å². The minimum absolute atomic E-state index is 0.166. The first-order chi connectivity index (χ1) is 11.2. The van der Waals surface area contributed by atoms with Crippen LogP contribution in [0.5, 0.6) is 0 Å². The van der Waals surface area contributed by atoms with Gasteiger partial charge in [0, 0.05) is 0 Å². The standard InChI is InChI=1S/C19H18BrNOSe/c20-17-15-11-16(18(17)23-14-9-5-2-6-10-14)21(19(15)22)12-13-7-3-1-4-8-13/h1-10,15-18H,11-12H2/t15-,16+,17+,18+/m1/s1. The molecule has 0 N–H and O–H groups in total. The minimum atomic E-state index is 0.166. The van der Waals surface area contributed by atoms with Crippen molar-refractivity contribution in [3.63, 3.8) is 0 Å². The topological polar surface area (TPSA) is 20.3 Å². The monoisotopic (exact) mass is 435 g/mol. The second-order valence-electron chi connectivity index (χ2n) is 6.20. The van der Waals surface area contributed by atoms with Gasteiger partial charge < -0.3 is 0 Å². The van der Waals surface area contributed by atoms with Gasteiger partial charge in [0.05, 0.1) is 0 Å². The van der Waals surface area contributed by atoms with Crippen LogP contribution in [0.4, 0.5) is 0 Å². The predicted molar refractivity (Wildman–Crippen MR) is 97.2 cm³/mol. The van der Waals surface area contributed by atoms with E-state index >= 15 is 0 Å². The molecule has 1 aliphatic heterocycles. The molecular weight excluding hydrogens is 417 g/mol. The molecule has 1 saturated heterocycles. The Morgan fingerprint density at radius 3 is 2.35 bits per heavy atom. The Morgan fingerprint density at radius 1 is 1.04 bits per heavy atom. The summed E-state index contributed by atoms with van der Waals surface area (Å²) >= 11 is 4.23. The van der Waals surface area contributed by atoms with Gasteiger partial charge in [0.15, 0.2) is 0 Å². The van der Waals surface area contributed by atoms with Crippen LogP contribution < -0.4 is 4.46 Å². The summed E-state index contributed by atoms with van der Waals surface area (Å²) in [6.07, 6.45) is 1.01. The molecule has 4 rings (SSSR count). The molecular formula is C19H18BrNOSe. The third kappa shape index (κ3) is 2.88. The summed E-state index contributed by atoms with van der Waals surface area (Å²) in [7, 11) is 0. The van der Waals surface area contributed by atoms with Crippen LogP contribution in [0.25, 0.3) is 0 Å². The van der Waals surface area contributed by atoms with E-state index in [1.165, 1.54) is 10.0 Å². The summed E-state index contributed by atoms with van der Waals surface area (Å²) < 4.78 is 1.43. The van der Waals surface area contributed by atoms with E-state index in [4.69, 9.17) is 0 Å². The predicted octanol–water partition coefficient (Wildman–Crippen LogP) is 3.00. The second kappa shape index (κ2) is 6.43. The zero-order chi connectivity index (χ0) is 15.8. The second-order valence-corrected chi connectivity index (χ2v) is 9.88. The molecule has 0 aromatic heterocycles. The average molecular weight is 435 g/mol. The van der Waals surface area contributed by atoms with Crippen molar-refractivity contribution in [2.45, 2.75) is 28.7 Å². The summed E-state index contributed by atoms with van der Waals surface area (Å²) in [5.41, 5.74) is 1.23. The molecule has 1 amide bonds. The van der Waals surface area contributed by atoms with E-state index in [0.29, 0.717) is 36.5 Å². The molecule has 4 heteroatoms. The molecule has 1 aliphatic carbocycles. The van der Waals surface area contributed by atoms with E-state index in [9.17, 15) is 4.79 Å². The third-order valence-corrected chi connectivity index (χ3v) is 9.77. The van der Waals surface area contributed by atoms with Crippen LogP contribution in [0.3, 0.4) is 0 Å². The van der Waals surface area contributed by atoms with Crippen molar-refractivity contribution in [2.75, 3.05) is 0 Å². The van der Waals surface area contributed by atoms with Gasteiger partial charge in [0.25, 0.3) is 0 Å². The van der Waals surface area contributed by atoms with E-state index in [2.05, 4.69) is 63.3 Å². The number of carbonyl (C=O) groups is 1. The number of amides is 1. The molecule has 2 nitrogen and oxygen atoms in total. The maximum atomic E-state index is 12.7. The molecule has 2 fully saturated rings. The summed E-state index contributed by atoms with van der Waals surface area (Å²) in [6.45, 7) is 0.752. The Kier molecular flexibility index (Phi) is 4.31. The quantitative estimate of drug-likeness (QED) is 0.535. The molecule has 2 bridgehead atoms. The fourth-order valence-corrected chi connectivity index (χ4v) is 7.87. The maximum absolute atomic E-state index is 12.7. The van der Waals surface area contributed by atoms with Crippen molar-refractivity contribution in [3.8, 4) is 0 Å². The summed E-state index contributed by atoms with van der Waals surface area (Å²) in [6, 6.07) is 21.5. The van der Waals surface area contributed by atoms with Gasteiger partial charge in [-0.1, -0.05) is 0 Å². The number of hydrogen-bond donors (Lipinski definition) is 0. The van der Waals surface area contributed by atoms with Crippen LogP contribution >= 0.6 is 15.9 Å². The van der Waals surface area contributed by atoms with Gasteiger partial charge in [-0.15, -0.1) is 0 Å². The van der Waals surface area contributed by atoms with Crippen LogP contribution in [-0.4, -0.2) is 36.6 Å². The number of nitrogens with zero attached hydrogens (tertiary/aromatic N) is 1. The molecule has 23 heavy (non-hydrogen) atoms. The summed E-state index contributed by atoms with van der Waals surface area (Å²) in [5, 5.41) is 0. The molecule has 0 spiro atoms. The van der Waals surface area contributed by atoms with Crippen molar-refractivity contribution in [2.24, 2.45) is 5.92 Å². The Balaban J connectivity index is 1.54. The summed E-state index contributed by atoms with van der Waals surface area (Å²) in [4.78, 5) is 15.7. The molecule has 0 unspecified atom stereocenters. The van der Waals surface area contributed by atoms with Gasteiger partial charge in [0.2, 0.25) is 0 Å². The number of carbonyl (C=O) groups excluding carboxylic acids is 1. The van der Waals surface area contributed by atoms with Crippen molar-refractivity contribution >= 4 is 41.3 Å². The molecule has 2 aliphatic rings. The van der Waals surface area contributed by atoms with E-state index in [-0.39, 0.29) is 5.92 Å². The normalized spacial score (nSPS) is 29.3. The van der Waals surface area contributed by atoms with Gasteiger partial charge in [-0.25, -0.2) is 0 Å². The average Bonchev–Trinajstić information content (AvgIpc) is 3.07. The Hall–Kier alpha value is -1.09. The van der Waals surface area contributed by atoms with Crippen LogP contribution in [0.2, 0.25) is 4.82 Å². The molecule has 1 saturated carbocycles. The molecule has 2 aromatic rings. The Labute approximate surface area is 151 Å². The Bertz CT molecular complexity index is 693. The molecule has 118 valence electrons. The number of alkyl halides is 1. The van der Waals surface area contributed by atoms with Gasteiger partial charge >= 0.3 is 152 Å². The first-order valence-corrected chi connectivity index (χ1v) is 10.7. The van der Waals surface area contributed by atoms with Crippen molar-refractivity contribution < 1.29 is 4.79 Å². The fraction of sp³-hybridized carbons (Fsp3) is 0.316. The van der Waals surface area contributed by atoms with Crippen LogP contribution in [0, 0.1) is 5.92 Å². The number of rotatable bonds is 4. The van der Waals surface area contributed by atoms with Crippen molar-refractivity contribution in [1.29, 1.82) is 0 Å². The zero-order valence-electron chi connectivity index (χ0n) is 12.6. The SMILES string of the molecule is O=C1[C@@H]2C[C@@H]([C@H]([Se]c3ccccc3)[C@H]2Br)N1Cc1ccccc1. The summed E-state index contributed by atoms with van der Waals surface area (Å²) in [5.74, 6) is 0.500. The van der Waals surface area contributed by atoms with Crippen molar-refractivity contribution in [1.82, 2.24) is 4.90 Å². The Morgan fingerprint density at radius 2 is 1.70 bits per heavy atom. The van der Waals surface area contributed by atoms with E-state index in [0.717, 1.165) is 13.0 Å². The van der Waals surface area contributed by atoms with E-state index in [1.54, 1.807) is 0 Å². The molecule has 2 aromatic carbocycles. The van der Waals surface area contributed by atoms with Crippen LogP contribution in [-0.2, 0) is 11.3 Å². The number of halogens is 1. The number of hydrogen-bond acceptors (Lipinski definition) is 1. The van der Waals surface area contributed by atoms with Gasteiger partial charge in [0.1, 0.15) is 0 Å². The number of piperidine rings is 1. The van der Waals surface area contributed by atoms with Gasteiger partial charge in [-0.2, -0.15) is 0 Å².